The Morgan fingerprint density at radius 1 is 1.17 bits per heavy atom. The number of carbonyl (C=O) groups excluding carboxylic acids is 1. The van der Waals surface area contributed by atoms with E-state index in [1.165, 1.54) is 17.5 Å². The quantitative estimate of drug-likeness (QED) is 0.652. The summed E-state index contributed by atoms with van der Waals surface area (Å²) in [6, 6.07) is 10.4. The van der Waals surface area contributed by atoms with Gasteiger partial charge in [0, 0.05) is 34.9 Å². The standard InChI is InChI=1S/C21H23BrN2O5S/c1-14-11-16-12-17(22)4-5-18(16)24(14)21(25)15-3-6-19(28-2)20(13-15)30(26,27)23-7-9-29-10-8-23/h3-6,12-14H,7-11H2,1-2H3/t14-/m0/s1. The molecule has 1 amide bonds. The minimum atomic E-state index is -3.81. The number of methoxy groups -OCH3 is 1. The number of sulfonamides is 1. The summed E-state index contributed by atoms with van der Waals surface area (Å²) in [6.07, 6.45) is 0.746. The predicted molar refractivity (Wildman–Crippen MR) is 117 cm³/mol. The molecule has 0 N–H and O–H groups in total. The topological polar surface area (TPSA) is 76.2 Å². The molecule has 0 saturated carbocycles. The zero-order valence-corrected chi connectivity index (χ0v) is 19.2. The lowest BCUT2D eigenvalue weighted by molar-refractivity contribution is 0.0729. The summed E-state index contributed by atoms with van der Waals surface area (Å²) < 4.78 is 39.4. The fraction of sp³-hybridized carbons (Fsp3) is 0.381. The van der Waals surface area contributed by atoms with Crippen molar-refractivity contribution in [1.82, 2.24) is 4.31 Å². The first kappa shape index (κ1) is 21.3. The Morgan fingerprint density at radius 2 is 1.90 bits per heavy atom. The zero-order chi connectivity index (χ0) is 21.5. The average Bonchev–Trinajstić information content (AvgIpc) is 3.08. The number of fused-ring (bicyclic) bond motifs is 1. The fourth-order valence-corrected chi connectivity index (χ4v) is 5.98. The van der Waals surface area contributed by atoms with E-state index in [1.54, 1.807) is 17.0 Å². The molecular formula is C21H23BrN2O5S. The molecule has 9 heteroatoms. The molecule has 160 valence electrons. The third kappa shape index (κ3) is 3.75. The molecule has 0 unspecified atom stereocenters. The minimum Gasteiger partial charge on any atom is -0.495 e. The largest absolute Gasteiger partial charge is 0.495 e. The van der Waals surface area contributed by atoms with Crippen LogP contribution in [0.2, 0.25) is 0 Å². The third-order valence-electron chi connectivity index (χ3n) is 5.47. The number of rotatable bonds is 4. The van der Waals surface area contributed by atoms with E-state index in [0.717, 1.165) is 22.1 Å². The molecular weight excluding hydrogens is 472 g/mol. The Kier molecular flexibility index (Phi) is 5.89. The maximum Gasteiger partial charge on any atom is 0.258 e. The number of hydrogen-bond donors (Lipinski definition) is 0. The van der Waals surface area contributed by atoms with Crippen LogP contribution in [0.1, 0.15) is 22.8 Å². The van der Waals surface area contributed by atoms with Gasteiger partial charge in [0.2, 0.25) is 10.0 Å². The molecule has 2 aliphatic heterocycles. The number of carbonyl (C=O) groups is 1. The maximum atomic E-state index is 13.4. The van der Waals surface area contributed by atoms with Crippen molar-refractivity contribution in [3.8, 4) is 5.75 Å². The molecule has 30 heavy (non-hydrogen) atoms. The van der Waals surface area contributed by atoms with Gasteiger partial charge < -0.3 is 14.4 Å². The molecule has 1 atom stereocenters. The summed E-state index contributed by atoms with van der Waals surface area (Å²) >= 11 is 3.47. The molecule has 2 aromatic rings. The molecule has 2 aromatic carbocycles. The van der Waals surface area contributed by atoms with Gasteiger partial charge in [0.15, 0.2) is 0 Å². The number of anilines is 1. The van der Waals surface area contributed by atoms with Crippen molar-refractivity contribution in [2.45, 2.75) is 24.3 Å². The van der Waals surface area contributed by atoms with Crippen LogP contribution in [0.25, 0.3) is 0 Å². The van der Waals surface area contributed by atoms with Crippen LogP contribution in [0.5, 0.6) is 5.75 Å². The Morgan fingerprint density at radius 3 is 2.60 bits per heavy atom. The van der Waals surface area contributed by atoms with Crippen LogP contribution in [0, 0.1) is 0 Å². The highest BCUT2D eigenvalue weighted by molar-refractivity contribution is 9.10. The fourth-order valence-electron chi connectivity index (χ4n) is 3.99. The normalized spacial score (nSPS) is 19.6. The van der Waals surface area contributed by atoms with Crippen molar-refractivity contribution in [2.75, 3.05) is 38.3 Å². The third-order valence-corrected chi connectivity index (χ3v) is 7.89. The van der Waals surface area contributed by atoms with Crippen molar-refractivity contribution in [1.29, 1.82) is 0 Å². The summed E-state index contributed by atoms with van der Waals surface area (Å²) in [5.74, 6) is -0.0125. The van der Waals surface area contributed by atoms with Crippen molar-refractivity contribution >= 4 is 37.5 Å². The van der Waals surface area contributed by atoms with Crippen molar-refractivity contribution in [3.05, 3.63) is 52.0 Å². The lowest BCUT2D eigenvalue weighted by atomic mass is 10.1. The second kappa shape index (κ2) is 8.30. The van der Waals surface area contributed by atoms with E-state index >= 15 is 0 Å². The van der Waals surface area contributed by atoms with Crippen LogP contribution < -0.4 is 9.64 Å². The second-order valence-electron chi connectivity index (χ2n) is 7.38. The number of halogens is 1. The average molecular weight is 495 g/mol. The second-order valence-corrected chi connectivity index (χ2v) is 10.2. The van der Waals surface area contributed by atoms with Crippen LogP contribution in [0.3, 0.4) is 0 Å². The summed E-state index contributed by atoms with van der Waals surface area (Å²) in [6.45, 7) is 3.22. The first-order valence-electron chi connectivity index (χ1n) is 9.71. The van der Waals surface area contributed by atoms with Gasteiger partial charge in [-0.25, -0.2) is 8.42 Å². The number of ether oxygens (including phenoxy) is 2. The summed E-state index contributed by atoms with van der Waals surface area (Å²) in [5, 5.41) is 0. The van der Waals surface area contributed by atoms with Gasteiger partial charge in [-0.15, -0.1) is 0 Å². The van der Waals surface area contributed by atoms with Crippen molar-refractivity contribution in [3.63, 3.8) is 0 Å². The van der Waals surface area contributed by atoms with Gasteiger partial charge in [0.25, 0.3) is 5.91 Å². The Labute approximate surface area is 184 Å². The number of benzene rings is 2. The predicted octanol–water partition coefficient (Wildman–Crippen LogP) is 3.07. The summed E-state index contributed by atoms with van der Waals surface area (Å²) in [7, 11) is -2.39. The van der Waals surface area contributed by atoms with E-state index in [9.17, 15) is 13.2 Å². The van der Waals surface area contributed by atoms with E-state index in [2.05, 4.69) is 15.9 Å². The molecule has 0 spiro atoms. The Balaban J connectivity index is 1.72. The monoisotopic (exact) mass is 494 g/mol. The number of hydrogen-bond acceptors (Lipinski definition) is 5. The summed E-state index contributed by atoms with van der Waals surface area (Å²) in [5.41, 5.74) is 2.24. The van der Waals surface area contributed by atoms with Crippen molar-refractivity contribution in [2.24, 2.45) is 0 Å². The first-order valence-corrected chi connectivity index (χ1v) is 11.9. The van der Waals surface area contributed by atoms with Crippen LogP contribution in [0.4, 0.5) is 5.69 Å². The van der Waals surface area contributed by atoms with Gasteiger partial charge in [-0.3, -0.25) is 4.79 Å². The van der Waals surface area contributed by atoms with Gasteiger partial charge in [0.1, 0.15) is 10.6 Å². The van der Waals surface area contributed by atoms with E-state index in [-0.39, 0.29) is 35.7 Å². The highest BCUT2D eigenvalue weighted by Gasteiger charge is 2.34. The lowest BCUT2D eigenvalue weighted by Gasteiger charge is -2.27. The molecule has 0 aromatic heterocycles. The molecule has 2 aliphatic rings. The lowest BCUT2D eigenvalue weighted by Crippen LogP contribution is -2.41. The van der Waals surface area contributed by atoms with Gasteiger partial charge in [-0.1, -0.05) is 15.9 Å². The van der Waals surface area contributed by atoms with Crippen molar-refractivity contribution < 1.29 is 22.7 Å². The molecule has 2 heterocycles. The van der Waals surface area contributed by atoms with Crippen LogP contribution in [0.15, 0.2) is 45.8 Å². The number of nitrogens with zero attached hydrogens (tertiary/aromatic N) is 2. The number of morpholine rings is 1. The smallest absolute Gasteiger partial charge is 0.258 e. The van der Waals surface area contributed by atoms with Crippen LogP contribution >= 0.6 is 15.9 Å². The highest BCUT2D eigenvalue weighted by atomic mass is 79.9. The summed E-state index contributed by atoms with van der Waals surface area (Å²) in [4.78, 5) is 15.1. The molecule has 7 nitrogen and oxygen atoms in total. The van der Waals surface area contributed by atoms with E-state index in [0.29, 0.717) is 18.8 Å². The maximum absolute atomic E-state index is 13.4. The van der Waals surface area contributed by atoms with Gasteiger partial charge in [-0.05, 0) is 55.3 Å². The molecule has 4 rings (SSSR count). The van der Waals surface area contributed by atoms with E-state index in [1.807, 2.05) is 25.1 Å². The molecule has 0 radical (unpaired) electrons. The zero-order valence-electron chi connectivity index (χ0n) is 16.8. The van der Waals surface area contributed by atoms with Gasteiger partial charge in [-0.2, -0.15) is 4.31 Å². The van der Waals surface area contributed by atoms with E-state index in [4.69, 9.17) is 9.47 Å². The van der Waals surface area contributed by atoms with Crippen LogP contribution in [-0.4, -0.2) is 58.1 Å². The van der Waals surface area contributed by atoms with Crippen LogP contribution in [-0.2, 0) is 21.2 Å². The Hall–Kier alpha value is -1.94. The number of amides is 1. The molecule has 1 fully saturated rings. The first-order chi connectivity index (χ1) is 14.3. The van der Waals surface area contributed by atoms with E-state index < -0.39 is 10.0 Å². The Bertz CT molecular complexity index is 1080. The highest BCUT2D eigenvalue weighted by Crippen LogP contribution is 2.36. The minimum absolute atomic E-state index is 0.000583. The molecule has 0 aliphatic carbocycles. The van der Waals surface area contributed by atoms with Gasteiger partial charge in [0.05, 0.1) is 20.3 Å². The molecule has 1 saturated heterocycles. The SMILES string of the molecule is COc1ccc(C(=O)N2c3ccc(Br)cc3C[C@@H]2C)cc1S(=O)(=O)N1CCOCC1. The van der Waals surface area contributed by atoms with Gasteiger partial charge >= 0.3 is 0 Å². The molecule has 0 bridgehead atoms.